The Kier molecular flexibility index (Phi) is 2.50. The predicted molar refractivity (Wildman–Crippen MR) is 76.7 cm³/mol. The molecule has 1 aromatic carbocycles. The highest BCUT2D eigenvalue weighted by Gasteiger charge is 2.19. The number of aryl methyl sites for hydroxylation is 2. The number of nitrogens with zero attached hydrogens (tertiary/aromatic N) is 3. The number of fused-ring (bicyclic) bond motifs is 1. The van der Waals surface area contributed by atoms with Crippen LogP contribution in [0.25, 0.3) is 17.1 Å². The van der Waals surface area contributed by atoms with Gasteiger partial charge in [0.15, 0.2) is 11.5 Å². The molecule has 0 unspecified atom stereocenters. The standard InChI is InChI=1S/C15H14N4O2/c1-9-5-13-14(21-8-20-13)6-11(9)15-16-3-4-19(15)12-7-17-18-10(12)2/h3-7H,8H2,1-2H3,(H,17,18). The van der Waals surface area contributed by atoms with Gasteiger partial charge in [0.05, 0.1) is 17.6 Å². The Morgan fingerprint density at radius 1 is 1.19 bits per heavy atom. The number of rotatable bonds is 2. The Balaban J connectivity index is 1.89. The number of imidazole rings is 1. The molecule has 1 N–H and O–H groups in total. The van der Waals surface area contributed by atoms with E-state index in [0.29, 0.717) is 0 Å². The summed E-state index contributed by atoms with van der Waals surface area (Å²) in [6, 6.07) is 3.96. The summed E-state index contributed by atoms with van der Waals surface area (Å²) in [5.41, 5.74) is 4.09. The molecular formula is C15H14N4O2. The van der Waals surface area contributed by atoms with Gasteiger partial charge in [0.25, 0.3) is 0 Å². The van der Waals surface area contributed by atoms with Crippen molar-refractivity contribution in [1.82, 2.24) is 19.7 Å². The lowest BCUT2D eigenvalue weighted by Crippen LogP contribution is -1.98. The highest BCUT2D eigenvalue weighted by Crippen LogP contribution is 2.38. The first-order chi connectivity index (χ1) is 10.2. The molecule has 0 saturated heterocycles. The Morgan fingerprint density at radius 3 is 2.76 bits per heavy atom. The lowest BCUT2D eigenvalue weighted by Gasteiger charge is -2.10. The van der Waals surface area contributed by atoms with Crippen LogP contribution in [0.15, 0.2) is 30.7 Å². The quantitative estimate of drug-likeness (QED) is 0.784. The molecule has 0 amide bonds. The maximum Gasteiger partial charge on any atom is 0.231 e. The van der Waals surface area contributed by atoms with Crippen LogP contribution in [-0.4, -0.2) is 26.5 Å². The molecule has 0 fully saturated rings. The summed E-state index contributed by atoms with van der Waals surface area (Å²) in [6.07, 6.45) is 5.51. The van der Waals surface area contributed by atoms with E-state index in [9.17, 15) is 0 Å². The molecular weight excluding hydrogens is 268 g/mol. The van der Waals surface area contributed by atoms with E-state index >= 15 is 0 Å². The van der Waals surface area contributed by atoms with Gasteiger partial charge in [0.1, 0.15) is 5.82 Å². The summed E-state index contributed by atoms with van der Waals surface area (Å²) < 4.78 is 12.9. The lowest BCUT2D eigenvalue weighted by molar-refractivity contribution is 0.174. The molecule has 4 rings (SSSR count). The summed E-state index contributed by atoms with van der Waals surface area (Å²) >= 11 is 0. The van der Waals surface area contributed by atoms with Crippen LogP contribution >= 0.6 is 0 Å². The molecule has 1 aliphatic heterocycles. The van der Waals surface area contributed by atoms with E-state index in [1.165, 1.54) is 0 Å². The van der Waals surface area contributed by atoms with Crippen molar-refractivity contribution in [1.29, 1.82) is 0 Å². The Bertz CT molecular complexity index is 819. The third-order valence-electron chi connectivity index (χ3n) is 3.66. The van der Waals surface area contributed by atoms with E-state index in [0.717, 1.165) is 39.8 Å². The Hall–Kier alpha value is -2.76. The molecule has 3 aromatic rings. The number of nitrogens with one attached hydrogen (secondary N) is 1. The number of benzene rings is 1. The minimum Gasteiger partial charge on any atom is -0.454 e. The van der Waals surface area contributed by atoms with E-state index in [-0.39, 0.29) is 6.79 Å². The van der Waals surface area contributed by atoms with Crippen molar-refractivity contribution in [3.63, 3.8) is 0 Å². The summed E-state index contributed by atoms with van der Waals surface area (Å²) in [6.45, 7) is 4.30. The second-order valence-corrected chi connectivity index (χ2v) is 5.02. The van der Waals surface area contributed by atoms with Gasteiger partial charge in [-0.15, -0.1) is 0 Å². The second kappa shape index (κ2) is 4.37. The van der Waals surface area contributed by atoms with Crippen molar-refractivity contribution in [2.45, 2.75) is 13.8 Å². The van der Waals surface area contributed by atoms with Gasteiger partial charge in [-0.05, 0) is 31.5 Å². The fraction of sp³-hybridized carbons (Fsp3) is 0.200. The summed E-state index contributed by atoms with van der Waals surface area (Å²) in [5.74, 6) is 2.40. The Labute approximate surface area is 121 Å². The fourth-order valence-electron chi connectivity index (χ4n) is 2.57. The molecule has 21 heavy (non-hydrogen) atoms. The topological polar surface area (TPSA) is 65.0 Å². The van der Waals surface area contributed by atoms with Crippen LogP contribution in [0.1, 0.15) is 11.3 Å². The van der Waals surface area contributed by atoms with Gasteiger partial charge in [0.2, 0.25) is 6.79 Å². The van der Waals surface area contributed by atoms with Crippen LogP contribution in [-0.2, 0) is 0 Å². The van der Waals surface area contributed by atoms with Gasteiger partial charge in [-0.3, -0.25) is 9.67 Å². The molecule has 0 radical (unpaired) electrons. The first-order valence-electron chi connectivity index (χ1n) is 6.68. The van der Waals surface area contributed by atoms with Crippen molar-refractivity contribution < 1.29 is 9.47 Å². The smallest absolute Gasteiger partial charge is 0.231 e. The molecule has 6 nitrogen and oxygen atoms in total. The van der Waals surface area contributed by atoms with Gasteiger partial charge >= 0.3 is 0 Å². The minimum absolute atomic E-state index is 0.271. The summed E-state index contributed by atoms with van der Waals surface area (Å²) in [7, 11) is 0. The molecule has 0 spiro atoms. The Morgan fingerprint density at radius 2 is 2.00 bits per heavy atom. The van der Waals surface area contributed by atoms with Crippen LogP contribution in [0.4, 0.5) is 0 Å². The van der Waals surface area contributed by atoms with Crippen LogP contribution in [0.3, 0.4) is 0 Å². The zero-order chi connectivity index (χ0) is 14.4. The normalized spacial score (nSPS) is 12.9. The summed E-state index contributed by atoms with van der Waals surface area (Å²) in [4.78, 5) is 4.49. The predicted octanol–water partition coefficient (Wildman–Crippen LogP) is 2.61. The highest BCUT2D eigenvalue weighted by molar-refractivity contribution is 5.68. The fourth-order valence-corrected chi connectivity index (χ4v) is 2.57. The van der Waals surface area contributed by atoms with E-state index in [1.54, 1.807) is 12.4 Å². The zero-order valence-corrected chi connectivity index (χ0v) is 11.8. The number of ether oxygens (including phenoxy) is 2. The average molecular weight is 282 g/mol. The van der Waals surface area contributed by atoms with E-state index < -0.39 is 0 Å². The SMILES string of the molecule is Cc1cc2c(cc1-c1nccn1-c1cn[nH]c1C)OCO2. The summed E-state index contributed by atoms with van der Waals surface area (Å²) in [5, 5.41) is 7.02. The van der Waals surface area contributed by atoms with Gasteiger partial charge in [-0.1, -0.05) is 0 Å². The number of H-pyrrole nitrogens is 1. The third kappa shape index (κ3) is 1.79. The molecule has 0 atom stereocenters. The van der Waals surface area contributed by atoms with E-state index in [2.05, 4.69) is 15.2 Å². The maximum absolute atomic E-state index is 5.47. The van der Waals surface area contributed by atoms with Gasteiger partial charge in [-0.25, -0.2) is 4.98 Å². The first-order valence-corrected chi connectivity index (χ1v) is 6.68. The minimum atomic E-state index is 0.271. The zero-order valence-electron chi connectivity index (χ0n) is 11.8. The molecule has 3 heterocycles. The largest absolute Gasteiger partial charge is 0.454 e. The molecule has 0 saturated carbocycles. The van der Waals surface area contributed by atoms with E-state index in [4.69, 9.17) is 9.47 Å². The van der Waals surface area contributed by atoms with Crippen molar-refractivity contribution in [3.05, 3.63) is 42.0 Å². The second-order valence-electron chi connectivity index (χ2n) is 5.02. The molecule has 1 aliphatic rings. The molecule has 0 bridgehead atoms. The van der Waals surface area contributed by atoms with Crippen LogP contribution in [0.2, 0.25) is 0 Å². The van der Waals surface area contributed by atoms with Gasteiger partial charge in [-0.2, -0.15) is 5.10 Å². The third-order valence-corrected chi connectivity index (χ3v) is 3.66. The molecule has 0 aliphatic carbocycles. The number of aromatic amines is 1. The van der Waals surface area contributed by atoms with Gasteiger partial charge < -0.3 is 9.47 Å². The molecule has 106 valence electrons. The van der Waals surface area contributed by atoms with Crippen molar-refractivity contribution in [2.24, 2.45) is 0 Å². The molecule has 6 heteroatoms. The number of hydrogen-bond donors (Lipinski definition) is 1. The van der Waals surface area contributed by atoms with Crippen molar-refractivity contribution in [2.75, 3.05) is 6.79 Å². The molecule has 2 aromatic heterocycles. The van der Waals surface area contributed by atoms with Crippen LogP contribution in [0.5, 0.6) is 11.5 Å². The number of aromatic nitrogens is 4. The van der Waals surface area contributed by atoms with Crippen LogP contribution < -0.4 is 9.47 Å². The number of hydrogen-bond acceptors (Lipinski definition) is 4. The maximum atomic E-state index is 5.47. The highest BCUT2D eigenvalue weighted by atomic mass is 16.7. The lowest BCUT2D eigenvalue weighted by atomic mass is 10.1. The van der Waals surface area contributed by atoms with Crippen molar-refractivity contribution in [3.8, 4) is 28.6 Å². The van der Waals surface area contributed by atoms with Crippen molar-refractivity contribution >= 4 is 0 Å². The average Bonchev–Trinajstić information content (AvgIpc) is 3.16. The first kappa shape index (κ1) is 12.0. The van der Waals surface area contributed by atoms with Gasteiger partial charge in [0, 0.05) is 18.0 Å². The monoisotopic (exact) mass is 282 g/mol. The van der Waals surface area contributed by atoms with E-state index in [1.807, 2.05) is 36.7 Å². The van der Waals surface area contributed by atoms with Crippen LogP contribution in [0, 0.1) is 13.8 Å².